The number of hydrogen-bond acceptors (Lipinski definition) is 9. The molecule has 2 rings (SSSR count). The molecule has 6 N–H and O–H groups in total. The van der Waals surface area contributed by atoms with Crippen LogP contribution in [-0.4, -0.2) is 68.8 Å². The minimum Gasteiger partial charge on any atom is -0.444 e. The lowest BCUT2D eigenvalue weighted by atomic mass is 10.0. The van der Waals surface area contributed by atoms with E-state index < -0.39 is 59.2 Å². The van der Waals surface area contributed by atoms with Gasteiger partial charge in [0.15, 0.2) is 0 Å². The predicted octanol–water partition coefficient (Wildman–Crippen LogP) is 1.96. The van der Waals surface area contributed by atoms with Crippen LogP contribution in [0.15, 0.2) is 42.9 Å². The van der Waals surface area contributed by atoms with Gasteiger partial charge in [-0.3, -0.25) is 19.8 Å². The summed E-state index contributed by atoms with van der Waals surface area (Å²) in [4.78, 5) is 68.7. The van der Waals surface area contributed by atoms with Crippen molar-refractivity contribution in [1.82, 2.24) is 30.9 Å². The standard InChI is InChI=1S/C30H45N7O7/c1-18(2)23(35-27(41)43-29(3,4)5)26(40)34-21(14-19-12-10-9-11-13-19)24(38)33-22(25(39)36-31)15-20-16-37(17-32-20)28(42)44-30(6,7)8/h9-13,16-18,21-23H,14-15,31H2,1-8H3,(H,33,38)(H,34,40)(H,35,41)(H,36,39). The minimum atomic E-state index is -1.20. The lowest BCUT2D eigenvalue weighted by Crippen LogP contribution is -2.59. The van der Waals surface area contributed by atoms with Crippen LogP contribution in [0.4, 0.5) is 9.59 Å². The molecule has 0 aliphatic rings. The Kier molecular flexibility index (Phi) is 12.4. The number of rotatable bonds is 11. The number of benzene rings is 1. The third-order valence-electron chi connectivity index (χ3n) is 5.97. The molecule has 1 heterocycles. The van der Waals surface area contributed by atoms with E-state index in [0.29, 0.717) is 5.69 Å². The number of ether oxygens (including phenoxy) is 2. The molecule has 2 aromatic rings. The zero-order valence-electron chi connectivity index (χ0n) is 26.6. The average molecular weight is 616 g/mol. The van der Waals surface area contributed by atoms with Crippen LogP contribution in [0.1, 0.15) is 66.6 Å². The number of nitrogens with one attached hydrogen (secondary N) is 4. The van der Waals surface area contributed by atoms with Gasteiger partial charge < -0.3 is 25.4 Å². The summed E-state index contributed by atoms with van der Waals surface area (Å²) in [6.07, 6.45) is 1.15. The van der Waals surface area contributed by atoms with Gasteiger partial charge in [0.25, 0.3) is 5.91 Å². The van der Waals surface area contributed by atoms with E-state index >= 15 is 0 Å². The van der Waals surface area contributed by atoms with Crippen LogP contribution in [0.2, 0.25) is 0 Å². The highest BCUT2D eigenvalue weighted by Gasteiger charge is 2.32. The van der Waals surface area contributed by atoms with Crippen LogP contribution in [0.3, 0.4) is 0 Å². The van der Waals surface area contributed by atoms with E-state index in [9.17, 15) is 24.0 Å². The van der Waals surface area contributed by atoms with Gasteiger partial charge in [-0.15, -0.1) is 0 Å². The van der Waals surface area contributed by atoms with Crippen molar-refractivity contribution in [3.63, 3.8) is 0 Å². The molecular weight excluding hydrogens is 570 g/mol. The fourth-order valence-corrected chi connectivity index (χ4v) is 3.96. The van der Waals surface area contributed by atoms with E-state index in [2.05, 4.69) is 20.9 Å². The Bertz CT molecular complexity index is 1300. The molecule has 14 nitrogen and oxygen atoms in total. The molecule has 0 aliphatic heterocycles. The molecule has 0 bridgehead atoms. The summed E-state index contributed by atoms with van der Waals surface area (Å²) in [5, 5.41) is 7.93. The van der Waals surface area contributed by atoms with Crippen molar-refractivity contribution in [2.75, 3.05) is 0 Å². The number of hydrazine groups is 1. The average Bonchev–Trinajstić information content (AvgIpc) is 3.37. The van der Waals surface area contributed by atoms with Crippen LogP contribution in [0.25, 0.3) is 0 Å². The summed E-state index contributed by atoms with van der Waals surface area (Å²) in [6.45, 7) is 13.8. The Balaban J connectivity index is 2.27. The van der Waals surface area contributed by atoms with E-state index in [-0.39, 0.29) is 18.8 Å². The minimum absolute atomic E-state index is 0.0832. The number of amides is 4. The maximum Gasteiger partial charge on any atom is 0.419 e. The maximum absolute atomic E-state index is 13.6. The highest BCUT2D eigenvalue weighted by atomic mass is 16.6. The van der Waals surface area contributed by atoms with Crippen LogP contribution < -0.4 is 27.2 Å². The van der Waals surface area contributed by atoms with Gasteiger partial charge in [0, 0.05) is 19.0 Å². The first-order valence-electron chi connectivity index (χ1n) is 14.3. The van der Waals surface area contributed by atoms with Gasteiger partial charge in [-0.2, -0.15) is 0 Å². The Hall–Kier alpha value is -4.46. The number of carbonyl (C=O) groups excluding carboxylic acids is 5. The quantitative estimate of drug-likeness (QED) is 0.143. The first kappa shape index (κ1) is 35.7. The van der Waals surface area contributed by atoms with Gasteiger partial charge in [-0.1, -0.05) is 44.2 Å². The van der Waals surface area contributed by atoms with Gasteiger partial charge in [0.2, 0.25) is 11.8 Å². The summed E-state index contributed by atoms with van der Waals surface area (Å²) in [5.74, 6) is 3.04. The summed E-state index contributed by atoms with van der Waals surface area (Å²) in [5.41, 5.74) is 1.56. The molecule has 44 heavy (non-hydrogen) atoms. The van der Waals surface area contributed by atoms with Crippen molar-refractivity contribution in [3.8, 4) is 0 Å². The molecule has 0 fully saturated rings. The van der Waals surface area contributed by atoms with Crippen molar-refractivity contribution >= 4 is 29.9 Å². The highest BCUT2D eigenvalue weighted by molar-refractivity contribution is 5.94. The fourth-order valence-electron chi connectivity index (χ4n) is 3.96. The van der Waals surface area contributed by atoms with Crippen LogP contribution >= 0.6 is 0 Å². The third kappa shape index (κ3) is 12.0. The molecule has 0 saturated heterocycles. The Morgan fingerprint density at radius 2 is 1.39 bits per heavy atom. The Morgan fingerprint density at radius 3 is 1.93 bits per heavy atom. The summed E-state index contributed by atoms with van der Waals surface area (Å²) in [7, 11) is 0. The monoisotopic (exact) mass is 615 g/mol. The molecule has 0 spiro atoms. The largest absolute Gasteiger partial charge is 0.444 e. The van der Waals surface area contributed by atoms with E-state index in [1.807, 2.05) is 11.5 Å². The second-order valence-electron chi connectivity index (χ2n) is 12.6. The number of alkyl carbamates (subject to hydrolysis) is 1. The number of imidazole rings is 1. The molecule has 0 saturated carbocycles. The maximum atomic E-state index is 13.6. The smallest absolute Gasteiger partial charge is 0.419 e. The van der Waals surface area contributed by atoms with Crippen LogP contribution in [0, 0.1) is 5.92 Å². The number of aromatic nitrogens is 2. The lowest BCUT2D eigenvalue weighted by molar-refractivity contribution is -0.133. The molecule has 1 aromatic heterocycles. The van der Waals surface area contributed by atoms with Crippen molar-refractivity contribution in [3.05, 3.63) is 54.1 Å². The molecule has 14 heteroatoms. The second-order valence-corrected chi connectivity index (χ2v) is 12.6. The van der Waals surface area contributed by atoms with Gasteiger partial charge in [0.05, 0.1) is 5.69 Å². The molecule has 4 amide bonds. The van der Waals surface area contributed by atoms with Crippen molar-refractivity contribution in [2.24, 2.45) is 11.8 Å². The lowest BCUT2D eigenvalue weighted by Gasteiger charge is -2.27. The molecule has 242 valence electrons. The number of nitrogens with two attached hydrogens (primary N) is 1. The van der Waals surface area contributed by atoms with Crippen molar-refractivity contribution < 1.29 is 33.4 Å². The molecule has 3 atom stereocenters. The Morgan fingerprint density at radius 1 is 0.818 bits per heavy atom. The van der Waals surface area contributed by atoms with Gasteiger partial charge in [-0.25, -0.2) is 25.0 Å². The third-order valence-corrected chi connectivity index (χ3v) is 5.97. The molecule has 3 unspecified atom stereocenters. The first-order valence-corrected chi connectivity index (χ1v) is 14.3. The van der Waals surface area contributed by atoms with Gasteiger partial charge in [0.1, 0.15) is 35.7 Å². The number of hydrogen-bond donors (Lipinski definition) is 5. The summed E-state index contributed by atoms with van der Waals surface area (Å²) in [6, 6.07) is 5.62. The van der Waals surface area contributed by atoms with E-state index in [4.69, 9.17) is 15.3 Å². The molecule has 0 aliphatic carbocycles. The zero-order valence-corrected chi connectivity index (χ0v) is 26.6. The zero-order chi connectivity index (χ0) is 33.2. The van der Waals surface area contributed by atoms with E-state index in [1.54, 1.807) is 79.7 Å². The van der Waals surface area contributed by atoms with E-state index in [1.165, 1.54) is 12.5 Å². The Labute approximate surface area is 257 Å². The molecule has 1 aromatic carbocycles. The van der Waals surface area contributed by atoms with Crippen LogP contribution in [-0.2, 0) is 36.7 Å². The summed E-state index contributed by atoms with van der Waals surface area (Å²) >= 11 is 0. The second kappa shape index (κ2) is 15.3. The van der Waals surface area contributed by atoms with Gasteiger partial charge in [-0.05, 0) is 53.0 Å². The topological polar surface area (TPSA) is 196 Å². The fraction of sp³-hybridized carbons (Fsp3) is 0.533. The van der Waals surface area contributed by atoms with Gasteiger partial charge >= 0.3 is 12.2 Å². The van der Waals surface area contributed by atoms with E-state index in [0.717, 1.165) is 10.1 Å². The number of nitrogens with zero attached hydrogens (tertiary/aromatic N) is 2. The summed E-state index contributed by atoms with van der Waals surface area (Å²) < 4.78 is 11.8. The number of carbonyl (C=O) groups is 5. The highest BCUT2D eigenvalue weighted by Crippen LogP contribution is 2.12. The molecule has 0 radical (unpaired) electrons. The first-order chi connectivity index (χ1) is 20.4. The van der Waals surface area contributed by atoms with Crippen molar-refractivity contribution in [1.29, 1.82) is 0 Å². The normalized spacial score (nSPS) is 13.7. The van der Waals surface area contributed by atoms with Crippen LogP contribution in [0.5, 0.6) is 0 Å². The molecular formula is C30H45N7O7. The SMILES string of the molecule is CC(C)C(NC(=O)OC(C)(C)C)C(=O)NC(Cc1ccccc1)C(=O)NC(Cc1cn(C(=O)OC(C)(C)C)cn1)C(=O)NN. The predicted molar refractivity (Wildman–Crippen MR) is 162 cm³/mol. The van der Waals surface area contributed by atoms with Crippen molar-refractivity contribution in [2.45, 2.75) is 97.6 Å².